The van der Waals surface area contributed by atoms with E-state index in [-0.39, 0.29) is 39.8 Å². The molecular weight excluding hydrogens is 590 g/mol. The van der Waals surface area contributed by atoms with Crippen molar-refractivity contribution in [3.8, 4) is 0 Å². The largest absolute Gasteiger partial charge is 0.511 e. The van der Waals surface area contributed by atoms with Crippen molar-refractivity contribution in [2.75, 3.05) is 0 Å². The maximum Gasteiger partial charge on any atom is 0.412 e. The molecule has 1 fully saturated rings. The average molecular weight is 633 g/mol. The van der Waals surface area contributed by atoms with Crippen LogP contribution in [0.25, 0.3) is 11.1 Å². The van der Waals surface area contributed by atoms with Crippen LogP contribution >= 0.6 is 0 Å². The first-order valence-electron chi connectivity index (χ1n) is 15.3. The van der Waals surface area contributed by atoms with E-state index < -0.39 is 28.7 Å². The van der Waals surface area contributed by atoms with Crippen molar-refractivity contribution in [1.29, 1.82) is 0 Å². The molecule has 1 atom stereocenters. The van der Waals surface area contributed by atoms with Crippen LogP contribution in [-0.4, -0.2) is 17.6 Å². The number of allylic oxidation sites excluding steroid dienone is 7. The van der Waals surface area contributed by atoms with Crippen molar-refractivity contribution in [1.82, 2.24) is 0 Å². The zero-order chi connectivity index (χ0) is 33.7. The molecule has 1 unspecified atom stereocenters. The molecule has 45 heavy (non-hydrogen) atoms. The number of hydrogen-bond donors (Lipinski definition) is 1. The molecule has 0 aromatic heterocycles. The first-order valence-corrected chi connectivity index (χ1v) is 15.3. The molecular formula is C37H42F6O2. The summed E-state index contributed by atoms with van der Waals surface area (Å²) in [6, 6.07) is 7.08. The van der Waals surface area contributed by atoms with Crippen LogP contribution in [0.1, 0.15) is 93.2 Å². The van der Waals surface area contributed by atoms with Crippen LogP contribution < -0.4 is 0 Å². The molecule has 0 spiro atoms. The van der Waals surface area contributed by atoms with Gasteiger partial charge < -0.3 is 5.11 Å². The van der Waals surface area contributed by atoms with Crippen LogP contribution in [0.2, 0.25) is 0 Å². The van der Waals surface area contributed by atoms with Gasteiger partial charge in [-0.25, -0.2) is 13.2 Å². The molecule has 0 amide bonds. The highest BCUT2D eigenvalue weighted by Crippen LogP contribution is 2.54. The second-order valence-corrected chi connectivity index (χ2v) is 12.3. The first kappa shape index (κ1) is 35.9. The lowest BCUT2D eigenvalue weighted by Crippen LogP contribution is -2.40. The number of aldehydes is 1. The van der Waals surface area contributed by atoms with E-state index in [4.69, 9.17) is 0 Å². The molecule has 2 aromatic carbocycles. The van der Waals surface area contributed by atoms with Gasteiger partial charge in [-0.15, -0.1) is 0 Å². The standard InChI is InChI=1S/C37H42F6O2/c1-7-9-12-26-13-14-27(25(5)33(26)38)19-23(3)36(17-10-18-36)34(45)32(22-44)30-16-15-29(35(6,39)40)21-31(30)28(11-8-2)20-24(4)37(41,42)43/h8,11,13-16,20-23,45H,2,7,9-10,12,17-19H2,1,3-6H3/b24-20+,28-11+,34-32-. The average Bonchev–Trinajstić information content (AvgIpc) is 2.93. The highest BCUT2D eigenvalue weighted by atomic mass is 19.4. The van der Waals surface area contributed by atoms with Gasteiger partial charge in [0.1, 0.15) is 11.6 Å². The number of benzene rings is 2. The van der Waals surface area contributed by atoms with Crippen molar-refractivity contribution < 1.29 is 36.2 Å². The molecule has 3 rings (SSSR count). The Labute approximate surface area is 262 Å². The maximum absolute atomic E-state index is 15.2. The van der Waals surface area contributed by atoms with Crippen molar-refractivity contribution in [3.05, 3.63) is 106 Å². The summed E-state index contributed by atoms with van der Waals surface area (Å²) < 4.78 is 84.6. The van der Waals surface area contributed by atoms with Gasteiger partial charge in [0.2, 0.25) is 0 Å². The fourth-order valence-electron chi connectivity index (χ4n) is 6.07. The molecule has 1 aliphatic carbocycles. The van der Waals surface area contributed by atoms with Crippen LogP contribution in [0.3, 0.4) is 0 Å². The number of carbonyl (C=O) groups is 1. The monoisotopic (exact) mass is 632 g/mol. The molecule has 0 radical (unpaired) electrons. The Morgan fingerprint density at radius 3 is 2.24 bits per heavy atom. The van der Waals surface area contributed by atoms with E-state index in [2.05, 4.69) is 6.58 Å². The Morgan fingerprint density at radius 1 is 1.09 bits per heavy atom. The molecule has 244 valence electrons. The quantitative estimate of drug-likeness (QED) is 0.0784. The third kappa shape index (κ3) is 7.82. The Kier molecular flexibility index (Phi) is 11.4. The minimum Gasteiger partial charge on any atom is -0.511 e. The van der Waals surface area contributed by atoms with Gasteiger partial charge in [-0.1, -0.05) is 69.7 Å². The lowest BCUT2D eigenvalue weighted by atomic mass is 9.58. The summed E-state index contributed by atoms with van der Waals surface area (Å²) in [6.45, 7) is 10.8. The Morgan fingerprint density at radius 2 is 1.73 bits per heavy atom. The van der Waals surface area contributed by atoms with E-state index in [0.717, 1.165) is 50.0 Å². The summed E-state index contributed by atoms with van der Waals surface area (Å²) in [5, 5.41) is 11.8. The van der Waals surface area contributed by atoms with E-state index in [1.54, 1.807) is 13.0 Å². The number of hydrogen-bond acceptors (Lipinski definition) is 2. The number of aliphatic hydroxyl groups excluding tert-OH is 1. The highest BCUT2D eigenvalue weighted by Gasteiger charge is 2.47. The summed E-state index contributed by atoms with van der Waals surface area (Å²) in [6.07, 6.45) is 3.68. The van der Waals surface area contributed by atoms with Crippen molar-refractivity contribution in [2.24, 2.45) is 11.3 Å². The van der Waals surface area contributed by atoms with Crippen LogP contribution in [0.4, 0.5) is 26.3 Å². The van der Waals surface area contributed by atoms with Crippen molar-refractivity contribution in [3.63, 3.8) is 0 Å². The van der Waals surface area contributed by atoms with Gasteiger partial charge in [0.05, 0.1) is 5.57 Å². The lowest BCUT2D eigenvalue weighted by molar-refractivity contribution is -0.103. The van der Waals surface area contributed by atoms with Gasteiger partial charge in [-0.05, 0) is 97.4 Å². The molecule has 0 bridgehead atoms. The molecule has 0 heterocycles. The normalized spacial score (nSPS) is 17.0. The molecule has 0 saturated heterocycles. The number of rotatable bonds is 13. The van der Waals surface area contributed by atoms with Crippen molar-refractivity contribution >= 4 is 17.4 Å². The van der Waals surface area contributed by atoms with Crippen LogP contribution in [0.5, 0.6) is 0 Å². The van der Waals surface area contributed by atoms with Gasteiger partial charge in [0, 0.05) is 23.5 Å². The third-order valence-corrected chi connectivity index (χ3v) is 9.18. The minimum atomic E-state index is -4.69. The summed E-state index contributed by atoms with van der Waals surface area (Å²) >= 11 is 0. The second-order valence-electron chi connectivity index (χ2n) is 12.3. The van der Waals surface area contributed by atoms with Crippen LogP contribution in [0.15, 0.2) is 66.5 Å². The predicted octanol–water partition coefficient (Wildman–Crippen LogP) is 11.2. The predicted molar refractivity (Wildman–Crippen MR) is 169 cm³/mol. The molecule has 0 aliphatic heterocycles. The smallest absolute Gasteiger partial charge is 0.412 e. The molecule has 1 N–H and O–H groups in total. The number of aliphatic hydroxyl groups is 1. The summed E-state index contributed by atoms with van der Waals surface area (Å²) in [7, 11) is 0. The van der Waals surface area contributed by atoms with Crippen LogP contribution in [0, 0.1) is 24.1 Å². The molecule has 8 heteroatoms. The van der Waals surface area contributed by atoms with E-state index in [1.165, 1.54) is 18.2 Å². The SMILES string of the molecule is C=C/C=C(\C=C(/C)C(F)(F)F)c1cc(C(C)(F)F)ccc1/C(C=O)=C(\O)C1(C(C)Cc2ccc(CCCC)c(F)c2C)CCC1. The number of aryl methyl sites for hydroxylation is 1. The van der Waals surface area contributed by atoms with Crippen molar-refractivity contribution in [2.45, 2.75) is 91.7 Å². The number of carbonyl (C=O) groups excluding carboxylic acids is 1. The molecule has 2 aromatic rings. The Bertz CT molecular complexity index is 1500. The van der Waals surface area contributed by atoms with Gasteiger partial charge in [0.25, 0.3) is 5.92 Å². The maximum atomic E-state index is 15.2. The summed E-state index contributed by atoms with van der Waals surface area (Å²) in [4.78, 5) is 12.7. The van der Waals surface area contributed by atoms with E-state index in [1.807, 2.05) is 19.9 Å². The van der Waals surface area contributed by atoms with E-state index >= 15 is 4.39 Å². The van der Waals surface area contributed by atoms with Gasteiger partial charge >= 0.3 is 6.18 Å². The van der Waals surface area contributed by atoms with E-state index in [9.17, 15) is 31.9 Å². The lowest BCUT2D eigenvalue weighted by Gasteiger charge is -2.47. The van der Waals surface area contributed by atoms with Crippen LogP contribution in [-0.2, 0) is 23.6 Å². The third-order valence-electron chi connectivity index (χ3n) is 9.18. The summed E-state index contributed by atoms with van der Waals surface area (Å²) in [5.74, 6) is -4.07. The number of unbranched alkanes of at least 4 members (excludes halogenated alkanes) is 1. The Balaban J connectivity index is 2.18. The zero-order valence-electron chi connectivity index (χ0n) is 26.6. The van der Waals surface area contributed by atoms with Gasteiger partial charge in [0.15, 0.2) is 6.29 Å². The fraction of sp³-hybridized carbons (Fsp3) is 0.432. The second kappa shape index (κ2) is 14.3. The van der Waals surface area contributed by atoms with Gasteiger partial charge in [-0.3, -0.25) is 4.79 Å². The highest BCUT2D eigenvalue weighted by molar-refractivity contribution is 6.10. The fourth-order valence-corrected chi connectivity index (χ4v) is 6.07. The molecule has 1 aliphatic rings. The Hall–Kier alpha value is -3.55. The van der Waals surface area contributed by atoms with E-state index in [0.29, 0.717) is 50.0 Å². The molecule has 2 nitrogen and oxygen atoms in total. The topological polar surface area (TPSA) is 37.3 Å². The minimum absolute atomic E-state index is 0.0239. The number of alkyl halides is 5. The number of halogens is 6. The summed E-state index contributed by atoms with van der Waals surface area (Å²) in [5.41, 5.74) is -0.684. The first-order chi connectivity index (χ1) is 21.0. The van der Waals surface area contributed by atoms with Gasteiger partial charge in [-0.2, -0.15) is 13.2 Å². The zero-order valence-corrected chi connectivity index (χ0v) is 26.6. The molecule has 1 saturated carbocycles.